The summed E-state index contributed by atoms with van der Waals surface area (Å²) in [6.45, 7) is 5.97. The maximum atomic E-state index is 11.8. The minimum atomic E-state index is 0.139. The van der Waals surface area contributed by atoms with E-state index >= 15 is 0 Å². The average Bonchev–Trinajstić information content (AvgIpc) is 2.27. The number of piperazine rings is 2. The first kappa shape index (κ1) is 10.7. The van der Waals surface area contributed by atoms with Crippen LogP contribution < -0.4 is 5.32 Å². The van der Waals surface area contributed by atoms with Crippen LogP contribution in [0, 0.1) is 0 Å². The predicted molar refractivity (Wildman–Crippen MR) is 58.9 cm³/mol. The molecular formula is C10H20N4O. The van der Waals surface area contributed by atoms with Gasteiger partial charge in [0.2, 0.25) is 0 Å². The normalized spacial score (nSPS) is 27.3. The van der Waals surface area contributed by atoms with Crippen LogP contribution in [0.1, 0.15) is 0 Å². The van der Waals surface area contributed by atoms with Crippen LogP contribution in [0.5, 0.6) is 0 Å². The monoisotopic (exact) mass is 212 g/mol. The van der Waals surface area contributed by atoms with Crippen LogP contribution in [0.3, 0.4) is 0 Å². The van der Waals surface area contributed by atoms with Crippen LogP contribution in [0.4, 0.5) is 4.79 Å². The molecule has 0 aromatic rings. The number of urea groups is 1. The number of amides is 2. The molecule has 0 saturated carbocycles. The number of rotatable bonds is 0. The van der Waals surface area contributed by atoms with Gasteiger partial charge in [-0.2, -0.15) is 0 Å². The first-order valence-electron chi connectivity index (χ1n) is 5.59. The molecule has 2 aliphatic rings. The summed E-state index contributed by atoms with van der Waals surface area (Å²) in [7, 11) is 3.63. The highest BCUT2D eigenvalue weighted by Crippen LogP contribution is 2.12. The van der Waals surface area contributed by atoms with Crippen molar-refractivity contribution in [3.63, 3.8) is 0 Å². The molecule has 0 aliphatic carbocycles. The third-order valence-corrected chi connectivity index (χ3v) is 3.21. The van der Waals surface area contributed by atoms with Crippen LogP contribution in [0.25, 0.3) is 0 Å². The Morgan fingerprint density at radius 1 is 1.33 bits per heavy atom. The Morgan fingerprint density at radius 3 is 2.87 bits per heavy atom. The molecule has 5 heteroatoms. The molecule has 2 amide bonds. The van der Waals surface area contributed by atoms with Gasteiger partial charge in [-0.05, 0) is 0 Å². The van der Waals surface area contributed by atoms with Gasteiger partial charge in [0, 0.05) is 59.4 Å². The number of carbonyl (C=O) groups excluding carboxylic acids is 1. The van der Waals surface area contributed by atoms with Gasteiger partial charge in [0.25, 0.3) is 0 Å². The highest BCUT2D eigenvalue weighted by atomic mass is 16.2. The molecule has 0 aromatic carbocycles. The lowest BCUT2D eigenvalue weighted by Gasteiger charge is -2.44. The van der Waals surface area contributed by atoms with Gasteiger partial charge in [0.05, 0.1) is 0 Å². The summed E-state index contributed by atoms with van der Waals surface area (Å²) < 4.78 is 0. The van der Waals surface area contributed by atoms with Gasteiger partial charge >= 0.3 is 6.03 Å². The van der Waals surface area contributed by atoms with Crippen molar-refractivity contribution in [2.24, 2.45) is 0 Å². The molecule has 1 atom stereocenters. The summed E-state index contributed by atoms with van der Waals surface area (Å²) in [6.07, 6.45) is 0. The van der Waals surface area contributed by atoms with Crippen LogP contribution in [0.2, 0.25) is 0 Å². The first-order valence-corrected chi connectivity index (χ1v) is 5.59. The second kappa shape index (κ2) is 4.37. The Hall–Kier alpha value is -0.810. The Morgan fingerprint density at radius 2 is 2.13 bits per heavy atom. The van der Waals surface area contributed by atoms with Crippen molar-refractivity contribution in [3.8, 4) is 0 Å². The molecule has 2 rings (SSSR count). The molecule has 2 fully saturated rings. The summed E-state index contributed by atoms with van der Waals surface area (Å²) in [4.78, 5) is 17.9. The third kappa shape index (κ3) is 2.23. The molecule has 1 unspecified atom stereocenters. The largest absolute Gasteiger partial charge is 0.331 e. The van der Waals surface area contributed by atoms with E-state index < -0.39 is 0 Å². The van der Waals surface area contributed by atoms with Crippen molar-refractivity contribution in [1.82, 2.24) is 20.0 Å². The zero-order chi connectivity index (χ0) is 10.8. The fourth-order valence-electron chi connectivity index (χ4n) is 2.33. The van der Waals surface area contributed by atoms with E-state index in [0.29, 0.717) is 6.04 Å². The summed E-state index contributed by atoms with van der Waals surface area (Å²) in [6, 6.07) is 0.650. The van der Waals surface area contributed by atoms with Crippen molar-refractivity contribution in [2.45, 2.75) is 6.04 Å². The lowest BCUT2D eigenvalue weighted by atomic mass is 10.1. The van der Waals surface area contributed by atoms with Gasteiger partial charge in [-0.1, -0.05) is 0 Å². The molecule has 2 heterocycles. The maximum absolute atomic E-state index is 11.8. The molecule has 0 spiro atoms. The smallest absolute Gasteiger partial charge is 0.319 e. The number of nitrogens with one attached hydrogen (secondary N) is 1. The molecule has 1 N–H and O–H groups in total. The average molecular weight is 212 g/mol. The van der Waals surface area contributed by atoms with Crippen molar-refractivity contribution in [1.29, 1.82) is 0 Å². The zero-order valence-corrected chi connectivity index (χ0v) is 9.57. The lowest BCUT2D eigenvalue weighted by molar-refractivity contribution is 0.0655. The summed E-state index contributed by atoms with van der Waals surface area (Å²) >= 11 is 0. The molecule has 2 saturated heterocycles. The Labute approximate surface area is 91.0 Å². The van der Waals surface area contributed by atoms with Crippen molar-refractivity contribution < 1.29 is 4.79 Å². The van der Waals surface area contributed by atoms with Crippen LogP contribution >= 0.6 is 0 Å². The van der Waals surface area contributed by atoms with Gasteiger partial charge in [-0.3, -0.25) is 4.90 Å². The standard InChI is InChI=1S/C10H20N4O/c1-12(2)10(15)14-6-5-13-4-3-11-7-9(13)8-14/h9,11H,3-8H2,1-2H3. The lowest BCUT2D eigenvalue weighted by Crippen LogP contribution is -2.62. The SMILES string of the molecule is CN(C)C(=O)N1CCN2CCNCC2C1. The van der Waals surface area contributed by atoms with Crippen molar-refractivity contribution in [2.75, 3.05) is 53.4 Å². The second-order valence-corrected chi connectivity index (χ2v) is 4.52. The van der Waals surface area contributed by atoms with E-state index in [9.17, 15) is 4.79 Å². The number of carbonyl (C=O) groups is 1. The summed E-state index contributed by atoms with van der Waals surface area (Å²) in [5.41, 5.74) is 0. The first-order chi connectivity index (χ1) is 7.18. The van der Waals surface area contributed by atoms with Gasteiger partial charge in [0.1, 0.15) is 0 Å². The highest BCUT2D eigenvalue weighted by molar-refractivity contribution is 5.74. The Kier molecular flexibility index (Phi) is 3.11. The van der Waals surface area contributed by atoms with Gasteiger partial charge < -0.3 is 15.1 Å². The zero-order valence-electron chi connectivity index (χ0n) is 9.57. The van der Waals surface area contributed by atoms with Crippen LogP contribution in [-0.4, -0.2) is 80.1 Å². The topological polar surface area (TPSA) is 38.8 Å². The summed E-state index contributed by atoms with van der Waals surface area (Å²) in [5.74, 6) is 0. The van der Waals surface area contributed by atoms with E-state index in [2.05, 4.69) is 10.2 Å². The fraction of sp³-hybridized carbons (Fsp3) is 0.900. The second-order valence-electron chi connectivity index (χ2n) is 4.52. The molecule has 86 valence electrons. The number of nitrogens with zero attached hydrogens (tertiary/aromatic N) is 3. The van der Waals surface area contributed by atoms with Gasteiger partial charge in [0.15, 0.2) is 0 Å². The molecule has 5 nitrogen and oxygen atoms in total. The number of hydrogen-bond acceptors (Lipinski definition) is 3. The molecule has 0 bridgehead atoms. The van der Waals surface area contributed by atoms with E-state index in [-0.39, 0.29) is 6.03 Å². The molecule has 0 aromatic heterocycles. The molecule has 2 aliphatic heterocycles. The van der Waals surface area contributed by atoms with Crippen LogP contribution in [-0.2, 0) is 0 Å². The Balaban J connectivity index is 1.93. The minimum Gasteiger partial charge on any atom is -0.331 e. The van der Waals surface area contributed by atoms with Gasteiger partial charge in [-0.25, -0.2) is 4.79 Å². The number of fused-ring (bicyclic) bond motifs is 1. The van der Waals surface area contributed by atoms with Crippen molar-refractivity contribution >= 4 is 6.03 Å². The molecule has 0 radical (unpaired) electrons. The van der Waals surface area contributed by atoms with E-state index in [1.54, 1.807) is 4.90 Å². The maximum Gasteiger partial charge on any atom is 0.319 e. The quantitative estimate of drug-likeness (QED) is 0.575. The predicted octanol–water partition coefficient (Wildman–Crippen LogP) is -0.743. The summed E-state index contributed by atoms with van der Waals surface area (Å²) in [5, 5.41) is 3.38. The van der Waals surface area contributed by atoms with E-state index in [0.717, 1.165) is 39.3 Å². The number of hydrogen-bond donors (Lipinski definition) is 1. The van der Waals surface area contributed by atoms with Crippen molar-refractivity contribution in [3.05, 3.63) is 0 Å². The molecular weight excluding hydrogens is 192 g/mol. The molecule has 15 heavy (non-hydrogen) atoms. The highest BCUT2D eigenvalue weighted by Gasteiger charge is 2.31. The van der Waals surface area contributed by atoms with Crippen LogP contribution in [0.15, 0.2) is 0 Å². The van der Waals surface area contributed by atoms with Gasteiger partial charge in [-0.15, -0.1) is 0 Å². The van der Waals surface area contributed by atoms with E-state index in [1.165, 1.54) is 0 Å². The minimum absolute atomic E-state index is 0.139. The fourth-order valence-corrected chi connectivity index (χ4v) is 2.33. The van der Waals surface area contributed by atoms with E-state index in [4.69, 9.17) is 0 Å². The Bertz CT molecular complexity index is 244. The van der Waals surface area contributed by atoms with E-state index in [1.807, 2.05) is 19.0 Å². The third-order valence-electron chi connectivity index (χ3n) is 3.21.